The number of aliphatic hydroxyl groups is 1. The van der Waals surface area contributed by atoms with E-state index in [2.05, 4.69) is 5.32 Å². The predicted molar refractivity (Wildman–Crippen MR) is 107 cm³/mol. The Morgan fingerprint density at radius 3 is 2.31 bits per heavy atom. The van der Waals surface area contributed by atoms with Crippen molar-refractivity contribution in [2.75, 3.05) is 13.1 Å². The topological polar surface area (TPSA) is 52.6 Å². The van der Waals surface area contributed by atoms with Gasteiger partial charge in [0.25, 0.3) is 0 Å². The maximum atomic E-state index is 13.0. The van der Waals surface area contributed by atoms with Crippen molar-refractivity contribution in [1.82, 2.24) is 10.2 Å². The van der Waals surface area contributed by atoms with E-state index in [0.29, 0.717) is 39.3 Å². The van der Waals surface area contributed by atoms with Crippen molar-refractivity contribution >= 4 is 40.7 Å². The number of amides is 1. The SMILES string of the molecule is CCN(CC)C(=O)C(NC(O)c1cccc(Cl)c1)c1ccc(Cl)c(Cl)c1. The van der Waals surface area contributed by atoms with Crippen molar-refractivity contribution in [3.05, 3.63) is 68.7 Å². The number of halogens is 3. The molecule has 0 aliphatic heterocycles. The van der Waals surface area contributed by atoms with E-state index >= 15 is 0 Å². The van der Waals surface area contributed by atoms with Gasteiger partial charge in [-0.25, -0.2) is 0 Å². The lowest BCUT2D eigenvalue weighted by atomic mass is 10.0. The number of likely N-dealkylation sites (N-methyl/N-ethyl adjacent to an activating group) is 1. The quantitative estimate of drug-likeness (QED) is 0.636. The van der Waals surface area contributed by atoms with Gasteiger partial charge in [-0.1, -0.05) is 53.0 Å². The van der Waals surface area contributed by atoms with E-state index in [-0.39, 0.29) is 5.91 Å². The Morgan fingerprint density at radius 2 is 1.73 bits per heavy atom. The van der Waals surface area contributed by atoms with Crippen LogP contribution in [-0.4, -0.2) is 29.0 Å². The van der Waals surface area contributed by atoms with Crippen molar-refractivity contribution < 1.29 is 9.90 Å². The van der Waals surface area contributed by atoms with Gasteiger partial charge in [0, 0.05) is 18.1 Å². The smallest absolute Gasteiger partial charge is 0.244 e. The van der Waals surface area contributed by atoms with E-state index in [1.165, 1.54) is 0 Å². The molecule has 0 radical (unpaired) electrons. The lowest BCUT2D eigenvalue weighted by Gasteiger charge is -2.28. The number of carbonyl (C=O) groups is 1. The first-order valence-corrected chi connectivity index (χ1v) is 9.44. The summed E-state index contributed by atoms with van der Waals surface area (Å²) in [5.41, 5.74) is 1.19. The second-order valence-corrected chi connectivity index (χ2v) is 6.99. The zero-order chi connectivity index (χ0) is 19.3. The number of hydrogen-bond donors (Lipinski definition) is 2. The molecule has 0 aromatic heterocycles. The van der Waals surface area contributed by atoms with Crippen LogP contribution in [0.4, 0.5) is 0 Å². The zero-order valence-corrected chi connectivity index (χ0v) is 16.8. The van der Waals surface area contributed by atoms with E-state index in [9.17, 15) is 9.90 Å². The molecule has 2 atom stereocenters. The molecule has 26 heavy (non-hydrogen) atoms. The third-order valence-corrected chi connectivity index (χ3v) is 5.06. The number of carbonyl (C=O) groups excluding carboxylic acids is 1. The first kappa shape index (κ1) is 21.0. The summed E-state index contributed by atoms with van der Waals surface area (Å²) in [7, 11) is 0. The second-order valence-electron chi connectivity index (χ2n) is 5.74. The minimum Gasteiger partial charge on any atom is -0.374 e. The number of aliphatic hydroxyl groups excluding tert-OH is 1. The lowest BCUT2D eigenvalue weighted by Crippen LogP contribution is -2.42. The van der Waals surface area contributed by atoms with Crippen molar-refractivity contribution in [2.45, 2.75) is 26.1 Å². The molecule has 0 saturated heterocycles. The van der Waals surface area contributed by atoms with Gasteiger partial charge in [-0.2, -0.15) is 0 Å². The maximum Gasteiger partial charge on any atom is 0.244 e. The Bertz CT molecular complexity index is 766. The second kappa shape index (κ2) is 9.58. The van der Waals surface area contributed by atoms with E-state index < -0.39 is 12.3 Å². The third-order valence-electron chi connectivity index (χ3n) is 4.09. The molecule has 2 rings (SSSR count). The molecule has 7 heteroatoms. The molecule has 0 heterocycles. The molecule has 1 amide bonds. The first-order chi connectivity index (χ1) is 12.4. The zero-order valence-electron chi connectivity index (χ0n) is 14.5. The van der Waals surface area contributed by atoms with E-state index in [4.69, 9.17) is 34.8 Å². The van der Waals surface area contributed by atoms with Gasteiger partial charge in [0.05, 0.1) is 10.0 Å². The van der Waals surface area contributed by atoms with Gasteiger partial charge in [-0.15, -0.1) is 0 Å². The van der Waals surface area contributed by atoms with Crippen LogP contribution in [0.25, 0.3) is 0 Å². The average molecular weight is 416 g/mol. The summed E-state index contributed by atoms with van der Waals surface area (Å²) in [6.07, 6.45) is -1.08. The number of rotatable bonds is 7. The lowest BCUT2D eigenvalue weighted by molar-refractivity contribution is -0.134. The first-order valence-electron chi connectivity index (χ1n) is 8.30. The number of nitrogens with zero attached hydrogens (tertiary/aromatic N) is 1. The van der Waals surface area contributed by atoms with E-state index in [1.54, 1.807) is 47.4 Å². The van der Waals surface area contributed by atoms with Crippen LogP contribution >= 0.6 is 34.8 Å². The van der Waals surface area contributed by atoms with Crippen LogP contribution in [-0.2, 0) is 4.79 Å². The Balaban J connectivity index is 2.36. The molecule has 0 bridgehead atoms. The van der Waals surface area contributed by atoms with E-state index in [0.717, 1.165) is 0 Å². The Labute approximate surface area is 168 Å². The van der Waals surface area contributed by atoms with Crippen molar-refractivity contribution in [1.29, 1.82) is 0 Å². The van der Waals surface area contributed by atoms with Crippen LogP contribution < -0.4 is 5.32 Å². The molecule has 0 spiro atoms. The average Bonchev–Trinajstić information content (AvgIpc) is 2.62. The highest BCUT2D eigenvalue weighted by Gasteiger charge is 2.27. The molecule has 0 fully saturated rings. The number of nitrogens with one attached hydrogen (secondary N) is 1. The van der Waals surface area contributed by atoms with Gasteiger partial charge in [0.15, 0.2) is 0 Å². The molecule has 140 valence electrons. The van der Waals surface area contributed by atoms with Crippen LogP contribution in [0.2, 0.25) is 15.1 Å². The highest BCUT2D eigenvalue weighted by molar-refractivity contribution is 6.42. The largest absolute Gasteiger partial charge is 0.374 e. The van der Waals surface area contributed by atoms with Gasteiger partial charge in [-0.3, -0.25) is 10.1 Å². The van der Waals surface area contributed by atoms with Crippen molar-refractivity contribution in [3.63, 3.8) is 0 Å². The molecule has 2 aromatic rings. The summed E-state index contributed by atoms with van der Waals surface area (Å²) >= 11 is 18.1. The van der Waals surface area contributed by atoms with Gasteiger partial charge < -0.3 is 10.0 Å². The maximum absolute atomic E-state index is 13.0. The molecular weight excluding hydrogens is 395 g/mol. The van der Waals surface area contributed by atoms with Crippen LogP contribution in [0.5, 0.6) is 0 Å². The fourth-order valence-corrected chi connectivity index (χ4v) is 3.16. The van der Waals surface area contributed by atoms with Crippen molar-refractivity contribution in [2.24, 2.45) is 0 Å². The van der Waals surface area contributed by atoms with Crippen molar-refractivity contribution in [3.8, 4) is 0 Å². The molecule has 0 aliphatic rings. The Hall–Kier alpha value is -1.30. The minimum atomic E-state index is -1.08. The van der Waals surface area contributed by atoms with Crippen LogP contribution in [0.3, 0.4) is 0 Å². The normalized spacial score (nSPS) is 13.3. The summed E-state index contributed by atoms with van der Waals surface area (Å²) in [6.45, 7) is 4.92. The van der Waals surface area contributed by atoms with Crippen LogP contribution in [0.1, 0.15) is 37.2 Å². The monoisotopic (exact) mass is 414 g/mol. The third kappa shape index (κ3) is 5.12. The fraction of sp³-hybridized carbons (Fsp3) is 0.316. The number of benzene rings is 2. The predicted octanol–water partition coefficient (Wildman–Crippen LogP) is 4.84. The van der Waals surface area contributed by atoms with E-state index in [1.807, 2.05) is 13.8 Å². The van der Waals surface area contributed by atoms with Gasteiger partial charge in [0.2, 0.25) is 5.91 Å². The van der Waals surface area contributed by atoms with Gasteiger partial charge >= 0.3 is 0 Å². The molecular formula is C19H21Cl3N2O2. The van der Waals surface area contributed by atoms with Crippen LogP contribution in [0, 0.1) is 0 Å². The molecule has 2 N–H and O–H groups in total. The summed E-state index contributed by atoms with van der Waals surface area (Å²) in [5.74, 6) is -0.158. The molecule has 4 nitrogen and oxygen atoms in total. The standard InChI is InChI=1S/C19H21Cl3N2O2/c1-3-24(4-2)19(26)17(12-8-9-15(21)16(22)11-12)23-18(25)13-6-5-7-14(20)10-13/h5-11,17-18,23,25H,3-4H2,1-2H3. The summed E-state index contributed by atoms with van der Waals surface area (Å²) in [6, 6.07) is 11.0. The van der Waals surface area contributed by atoms with Crippen LogP contribution in [0.15, 0.2) is 42.5 Å². The highest BCUT2D eigenvalue weighted by atomic mass is 35.5. The minimum absolute atomic E-state index is 0.158. The number of hydrogen-bond acceptors (Lipinski definition) is 3. The molecule has 2 aromatic carbocycles. The van der Waals surface area contributed by atoms with Gasteiger partial charge in [-0.05, 0) is 49.2 Å². The molecule has 0 saturated carbocycles. The Morgan fingerprint density at radius 1 is 1.04 bits per heavy atom. The highest BCUT2D eigenvalue weighted by Crippen LogP contribution is 2.28. The fourth-order valence-electron chi connectivity index (χ4n) is 2.65. The van der Waals surface area contributed by atoms with Gasteiger partial charge in [0.1, 0.15) is 12.3 Å². The summed E-state index contributed by atoms with van der Waals surface area (Å²) in [5, 5.41) is 14.8. The Kier molecular flexibility index (Phi) is 7.74. The molecule has 0 aliphatic carbocycles. The summed E-state index contributed by atoms with van der Waals surface area (Å²) < 4.78 is 0. The summed E-state index contributed by atoms with van der Waals surface area (Å²) in [4.78, 5) is 14.7. The molecule has 2 unspecified atom stereocenters.